The molecule has 0 fully saturated rings. The second-order valence-corrected chi connectivity index (χ2v) is 3.41. The first-order valence-electron chi connectivity index (χ1n) is 2.93. The van der Waals surface area contributed by atoms with Crippen LogP contribution in [0, 0.1) is 0 Å². The lowest BCUT2D eigenvalue weighted by Crippen LogP contribution is -2.18. The van der Waals surface area contributed by atoms with Crippen LogP contribution in [-0.4, -0.2) is 15.5 Å². The van der Waals surface area contributed by atoms with Crippen molar-refractivity contribution in [2.45, 2.75) is 25.3 Å². The van der Waals surface area contributed by atoms with E-state index in [0.29, 0.717) is 12.8 Å². The highest BCUT2D eigenvalue weighted by atomic mass is 32.2. The number of hydrogen-bond acceptors (Lipinski definition) is 1. The fourth-order valence-corrected chi connectivity index (χ4v) is 1.17. The van der Waals surface area contributed by atoms with Crippen LogP contribution in [0.15, 0.2) is 0 Å². The average Bonchev–Trinajstić information content (AvgIpc) is 1.80. The fraction of sp³-hybridized carbons (Fsp3) is 1.00. The molecule has 0 spiro atoms. The van der Waals surface area contributed by atoms with Crippen molar-refractivity contribution in [1.29, 1.82) is 0 Å². The summed E-state index contributed by atoms with van der Waals surface area (Å²) in [5, 5.41) is 0. The first-order chi connectivity index (χ1) is 4.48. The highest BCUT2D eigenvalue weighted by Crippen LogP contribution is 2.20. The molecule has 0 aliphatic rings. The minimum Gasteiger partial charge on any atom is -0.251 e. The van der Waals surface area contributed by atoms with Gasteiger partial charge >= 0.3 is 5.51 Å². The average molecular weight is 174 g/mol. The molecule has 0 amide bonds. The zero-order valence-electron chi connectivity index (χ0n) is 5.57. The summed E-state index contributed by atoms with van der Waals surface area (Å²) in [7, 11) is -2.64. The Kier molecular flexibility index (Phi) is 3.93. The standard InChI is InChI=1S/C5H9F3OS/c1-2-3-4-10(9)5(6,7)8/h2-4H2,1H3. The van der Waals surface area contributed by atoms with Crippen molar-refractivity contribution in [3.05, 3.63) is 0 Å². The van der Waals surface area contributed by atoms with Gasteiger partial charge < -0.3 is 0 Å². The Morgan fingerprint density at radius 2 is 1.90 bits per heavy atom. The molecule has 0 aromatic carbocycles. The molecule has 0 N–H and O–H groups in total. The smallest absolute Gasteiger partial charge is 0.251 e. The fourth-order valence-electron chi connectivity index (χ4n) is 0.391. The maximum Gasteiger partial charge on any atom is 0.471 e. The highest BCUT2D eigenvalue weighted by Gasteiger charge is 2.35. The van der Waals surface area contributed by atoms with E-state index in [4.69, 9.17) is 0 Å². The Hall–Kier alpha value is -0.0600. The van der Waals surface area contributed by atoms with E-state index in [0.717, 1.165) is 0 Å². The number of unbranched alkanes of at least 4 members (excludes halogenated alkanes) is 1. The van der Waals surface area contributed by atoms with Crippen molar-refractivity contribution in [3.8, 4) is 0 Å². The van der Waals surface area contributed by atoms with E-state index in [1.54, 1.807) is 6.92 Å². The molecule has 5 heteroatoms. The minimum atomic E-state index is -4.52. The minimum absolute atomic E-state index is 0.264. The van der Waals surface area contributed by atoms with Gasteiger partial charge in [0.2, 0.25) is 0 Å². The van der Waals surface area contributed by atoms with Crippen molar-refractivity contribution in [3.63, 3.8) is 0 Å². The molecule has 0 saturated heterocycles. The van der Waals surface area contributed by atoms with E-state index >= 15 is 0 Å². The summed E-state index contributed by atoms with van der Waals surface area (Å²) >= 11 is 0. The van der Waals surface area contributed by atoms with Crippen LogP contribution in [0.5, 0.6) is 0 Å². The number of rotatable bonds is 3. The van der Waals surface area contributed by atoms with E-state index in [1.807, 2.05) is 0 Å². The summed E-state index contributed by atoms with van der Waals surface area (Å²) in [6.45, 7) is 1.76. The van der Waals surface area contributed by atoms with Crippen molar-refractivity contribution in [2.24, 2.45) is 0 Å². The van der Waals surface area contributed by atoms with Gasteiger partial charge in [0.1, 0.15) is 10.8 Å². The number of halogens is 3. The molecular formula is C5H9F3OS. The third kappa shape index (κ3) is 3.87. The third-order valence-electron chi connectivity index (χ3n) is 0.941. The zero-order chi connectivity index (χ0) is 8.20. The molecule has 0 aromatic heterocycles. The lowest BCUT2D eigenvalue weighted by Gasteiger charge is -2.03. The van der Waals surface area contributed by atoms with Crippen LogP contribution in [0.1, 0.15) is 19.8 Å². The normalized spacial score (nSPS) is 15.2. The van der Waals surface area contributed by atoms with Crippen molar-refractivity contribution < 1.29 is 17.4 Å². The van der Waals surface area contributed by atoms with Gasteiger partial charge in [0, 0.05) is 5.75 Å². The summed E-state index contributed by atoms with van der Waals surface area (Å²) in [6.07, 6.45) is 1.01. The van der Waals surface area contributed by atoms with E-state index in [-0.39, 0.29) is 5.75 Å². The van der Waals surface area contributed by atoms with Gasteiger partial charge in [-0.25, -0.2) is 0 Å². The van der Waals surface area contributed by atoms with E-state index in [1.165, 1.54) is 0 Å². The molecule has 0 aromatic rings. The lowest BCUT2D eigenvalue weighted by atomic mass is 10.4. The van der Waals surface area contributed by atoms with Crippen LogP contribution < -0.4 is 0 Å². The van der Waals surface area contributed by atoms with Gasteiger partial charge in [-0.05, 0) is 6.42 Å². The van der Waals surface area contributed by atoms with Crippen molar-refractivity contribution >= 4 is 10.8 Å². The monoisotopic (exact) mass is 174 g/mol. The van der Waals surface area contributed by atoms with Gasteiger partial charge in [0.25, 0.3) is 0 Å². The second-order valence-electron chi connectivity index (χ2n) is 1.85. The molecule has 0 aliphatic carbocycles. The summed E-state index contributed by atoms with van der Waals surface area (Å²) < 4.78 is 44.6. The Balaban J connectivity index is 3.64. The Morgan fingerprint density at radius 1 is 1.40 bits per heavy atom. The highest BCUT2D eigenvalue weighted by molar-refractivity contribution is 7.85. The summed E-state index contributed by atoms with van der Waals surface area (Å²) in [5.74, 6) is -0.264. The molecule has 10 heavy (non-hydrogen) atoms. The topological polar surface area (TPSA) is 17.1 Å². The van der Waals surface area contributed by atoms with Crippen molar-refractivity contribution in [2.75, 3.05) is 5.75 Å². The van der Waals surface area contributed by atoms with Crippen LogP contribution in [0.2, 0.25) is 0 Å². The predicted molar refractivity (Wildman–Crippen MR) is 34.0 cm³/mol. The molecule has 62 valence electrons. The molecule has 0 rings (SSSR count). The van der Waals surface area contributed by atoms with Crippen LogP contribution in [-0.2, 0) is 10.8 Å². The van der Waals surface area contributed by atoms with Gasteiger partial charge in [-0.1, -0.05) is 13.3 Å². The Bertz CT molecular complexity index is 121. The SMILES string of the molecule is CCCCS(=O)C(F)(F)F. The predicted octanol–water partition coefficient (Wildman–Crippen LogP) is 2.06. The van der Waals surface area contributed by atoms with Crippen LogP contribution in [0.3, 0.4) is 0 Å². The lowest BCUT2D eigenvalue weighted by molar-refractivity contribution is -0.0384. The molecule has 0 aliphatic heterocycles. The molecule has 0 heterocycles. The zero-order valence-corrected chi connectivity index (χ0v) is 6.39. The largest absolute Gasteiger partial charge is 0.471 e. The third-order valence-corrected chi connectivity index (χ3v) is 2.12. The molecule has 1 nitrogen and oxygen atoms in total. The van der Waals surface area contributed by atoms with Gasteiger partial charge in [-0.3, -0.25) is 4.21 Å². The first kappa shape index (κ1) is 9.94. The van der Waals surface area contributed by atoms with Gasteiger partial charge in [0.15, 0.2) is 0 Å². The maximum atomic E-state index is 11.5. The quantitative estimate of drug-likeness (QED) is 0.640. The number of alkyl halides is 3. The van der Waals surface area contributed by atoms with E-state index in [2.05, 4.69) is 0 Å². The van der Waals surface area contributed by atoms with Gasteiger partial charge in [-0.15, -0.1) is 0 Å². The van der Waals surface area contributed by atoms with Crippen LogP contribution in [0.4, 0.5) is 13.2 Å². The van der Waals surface area contributed by atoms with Gasteiger partial charge in [-0.2, -0.15) is 13.2 Å². The van der Waals surface area contributed by atoms with E-state index < -0.39 is 16.3 Å². The molecule has 1 atom stereocenters. The summed E-state index contributed by atoms with van der Waals surface area (Å²) in [4.78, 5) is 0. The molecular weight excluding hydrogens is 165 g/mol. The van der Waals surface area contributed by atoms with Gasteiger partial charge in [0.05, 0.1) is 0 Å². The Morgan fingerprint density at radius 3 is 2.20 bits per heavy atom. The molecule has 1 unspecified atom stereocenters. The Labute approximate surface area is 60.1 Å². The molecule has 0 saturated carbocycles. The molecule has 0 radical (unpaired) electrons. The first-order valence-corrected chi connectivity index (χ1v) is 4.25. The number of hydrogen-bond donors (Lipinski definition) is 0. The molecule has 0 bridgehead atoms. The van der Waals surface area contributed by atoms with Crippen LogP contribution in [0.25, 0.3) is 0 Å². The van der Waals surface area contributed by atoms with E-state index in [9.17, 15) is 17.4 Å². The summed E-state index contributed by atoms with van der Waals surface area (Å²) in [6, 6.07) is 0. The van der Waals surface area contributed by atoms with Crippen LogP contribution >= 0.6 is 0 Å². The maximum absolute atomic E-state index is 11.5. The second kappa shape index (κ2) is 3.95. The summed E-state index contributed by atoms with van der Waals surface area (Å²) in [5.41, 5.74) is -4.52. The van der Waals surface area contributed by atoms with Crippen molar-refractivity contribution in [1.82, 2.24) is 0 Å².